The van der Waals surface area contributed by atoms with Gasteiger partial charge in [0.15, 0.2) is 0 Å². The molecule has 71 valence electrons. The van der Waals surface area contributed by atoms with E-state index in [2.05, 4.69) is 0 Å². The Balaban J connectivity index is -0.00000000500. The summed E-state index contributed by atoms with van der Waals surface area (Å²) < 4.78 is 0. The maximum absolute atomic E-state index is 6.25. The van der Waals surface area contributed by atoms with Gasteiger partial charge in [-0.2, -0.15) is 0 Å². The Hall–Kier alpha value is -2.02. The molecule has 14 heavy (non-hydrogen) atoms. The molecule has 8 heteroatoms. The van der Waals surface area contributed by atoms with Gasteiger partial charge in [-0.05, 0) is 0 Å². The topological polar surface area (TPSA) is 143 Å². The number of hydrogen-bond acceptors (Lipinski definition) is 6. The summed E-state index contributed by atoms with van der Waals surface area (Å²) in [5.41, 5.74) is 0. The Morgan fingerprint density at radius 2 is 0.357 bits per heavy atom. The fraction of sp³-hybridized carbons (Fsp3) is 0. The molecule has 6 nitrogen and oxygen atoms in total. The fourth-order valence-corrected chi connectivity index (χ4v) is 0. The van der Waals surface area contributed by atoms with E-state index in [0.717, 1.165) is 0 Å². The largest absolute Gasteiger partial charge is 3.00 e. The van der Waals surface area contributed by atoms with Gasteiger partial charge in [0.25, 0.3) is 0 Å². The van der Waals surface area contributed by atoms with Gasteiger partial charge < -0.3 is 71.0 Å². The van der Waals surface area contributed by atoms with E-state index < -0.39 is 0 Å². The zero-order valence-electron chi connectivity index (χ0n) is 6.39. The number of hydrogen-bond donors (Lipinski definition) is 0. The summed E-state index contributed by atoms with van der Waals surface area (Å²) in [4.78, 5) is 0. The summed E-state index contributed by atoms with van der Waals surface area (Å²) in [6.07, 6.45) is 0. The zero-order chi connectivity index (χ0) is 12.0. The molecule has 0 aliphatic rings. The number of rotatable bonds is 0. The van der Waals surface area contributed by atoms with E-state index in [4.69, 9.17) is 71.0 Å². The van der Waals surface area contributed by atoms with Gasteiger partial charge in [-0.15, -0.1) is 0 Å². The monoisotopic (exact) mass is 268 g/mol. The molecule has 0 N–H and O–H groups in total. The van der Waals surface area contributed by atoms with Crippen molar-refractivity contribution in [2.75, 3.05) is 0 Å². The van der Waals surface area contributed by atoms with Crippen molar-refractivity contribution in [1.82, 2.24) is 0 Å². The molecule has 0 saturated carbocycles. The minimum absolute atomic E-state index is 0. The Morgan fingerprint density at radius 3 is 0.357 bits per heavy atom. The Kier molecular flexibility index (Phi) is 1740. The first-order chi connectivity index (χ1) is 6.00. The molecular formula is C6Fe2N6-. The summed E-state index contributed by atoms with van der Waals surface area (Å²) in [6, 6.07) is 0. The van der Waals surface area contributed by atoms with Crippen molar-refractivity contribution in [3.63, 3.8) is 0 Å². The summed E-state index contributed by atoms with van der Waals surface area (Å²) in [6.45, 7) is 28.5. The maximum atomic E-state index is 6.25. The molecule has 0 aromatic carbocycles. The Morgan fingerprint density at radius 1 is 0.357 bits per heavy atom. The molecule has 0 heterocycles. The third kappa shape index (κ3) is 197. The molecule has 0 unspecified atom stereocenters. The minimum atomic E-state index is 0. The van der Waals surface area contributed by atoms with Crippen LogP contribution in [0.4, 0.5) is 0 Å². The van der Waals surface area contributed by atoms with Crippen molar-refractivity contribution in [3.05, 3.63) is 39.4 Å². The molecular weight excluding hydrogens is 268 g/mol. The van der Waals surface area contributed by atoms with Crippen LogP contribution in [0.25, 0.3) is 0 Å². The Labute approximate surface area is 105 Å². The van der Waals surface area contributed by atoms with Crippen molar-refractivity contribution in [2.24, 2.45) is 0 Å². The van der Waals surface area contributed by atoms with Crippen molar-refractivity contribution in [1.29, 1.82) is 31.6 Å². The quantitative estimate of drug-likeness (QED) is 0.464. The van der Waals surface area contributed by atoms with E-state index in [-0.39, 0.29) is 34.1 Å². The van der Waals surface area contributed by atoms with E-state index >= 15 is 0 Å². The zero-order valence-corrected chi connectivity index (χ0v) is 8.60. The Bertz CT molecular complexity index is 95.3. The molecule has 0 aromatic heterocycles. The van der Waals surface area contributed by atoms with Crippen LogP contribution in [0.5, 0.6) is 0 Å². The van der Waals surface area contributed by atoms with Crippen LogP contribution >= 0.6 is 0 Å². The second-order valence-electron chi connectivity index (χ2n) is 0. The summed E-state index contributed by atoms with van der Waals surface area (Å²) in [5, 5.41) is 37.5. The van der Waals surface area contributed by atoms with Crippen molar-refractivity contribution in [2.45, 2.75) is 0 Å². The second-order valence-corrected chi connectivity index (χ2v) is 0. The van der Waals surface area contributed by atoms with Gasteiger partial charge in [0.05, 0.1) is 0 Å². The standard InChI is InChI=1S/6CN.2Fe/c6*1-2;;/q6*-1;+2;+3. The van der Waals surface area contributed by atoms with Crippen LogP contribution in [0.1, 0.15) is 0 Å². The van der Waals surface area contributed by atoms with Gasteiger partial charge in [-0.3, -0.25) is 0 Å². The van der Waals surface area contributed by atoms with Gasteiger partial charge in [-0.25, -0.2) is 0 Å². The normalized spacial score (nSPS) is 0.857. The average molecular weight is 268 g/mol. The predicted octanol–water partition coefficient (Wildman–Crippen LogP) is 0.573. The molecule has 0 aliphatic heterocycles. The van der Waals surface area contributed by atoms with Crippen LogP contribution in [-0.2, 0) is 34.1 Å². The van der Waals surface area contributed by atoms with Crippen molar-refractivity contribution >= 4 is 0 Å². The molecule has 0 spiro atoms. The van der Waals surface area contributed by atoms with Crippen molar-refractivity contribution in [3.8, 4) is 0 Å². The van der Waals surface area contributed by atoms with Gasteiger partial charge in [0.2, 0.25) is 0 Å². The summed E-state index contributed by atoms with van der Waals surface area (Å²) >= 11 is 0. The molecule has 0 fully saturated rings. The molecule has 0 aliphatic carbocycles. The predicted molar refractivity (Wildman–Crippen MR) is 29.8 cm³/mol. The first-order valence-electron chi connectivity index (χ1n) is 1.34. The van der Waals surface area contributed by atoms with Gasteiger partial charge in [0, 0.05) is 0 Å². The summed E-state index contributed by atoms with van der Waals surface area (Å²) in [7, 11) is 0. The number of nitrogens with zero attached hydrogens (tertiary/aromatic N) is 6. The fourth-order valence-electron chi connectivity index (χ4n) is 0. The molecule has 0 aromatic rings. The molecule has 0 amide bonds. The van der Waals surface area contributed by atoms with Crippen LogP contribution in [0.3, 0.4) is 0 Å². The van der Waals surface area contributed by atoms with Crippen LogP contribution in [0, 0.1) is 71.0 Å². The van der Waals surface area contributed by atoms with E-state index in [1.54, 1.807) is 0 Å². The maximum Gasteiger partial charge on any atom is 3.00 e. The van der Waals surface area contributed by atoms with Crippen LogP contribution in [0.15, 0.2) is 0 Å². The second kappa shape index (κ2) is 268. The van der Waals surface area contributed by atoms with Gasteiger partial charge >= 0.3 is 34.1 Å². The first kappa shape index (κ1) is 91.2. The van der Waals surface area contributed by atoms with Crippen molar-refractivity contribution < 1.29 is 34.1 Å². The van der Waals surface area contributed by atoms with E-state index in [1.165, 1.54) is 0 Å². The van der Waals surface area contributed by atoms with E-state index in [9.17, 15) is 0 Å². The molecule has 0 rings (SSSR count). The van der Waals surface area contributed by atoms with Crippen LogP contribution < -0.4 is 0 Å². The molecule has 0 saturated heterocycles. The van der Waals surface area contributed by atoms with Crippen LogP contribution in [-0.4, -0.2) is 0 Å². The minimum Gasteiger partial charge on any atom is -0.512 e. The third-order valence-corrected chi connectivity index (χ3v) is 0. The molecule has 0 atom stereocenters. The third-order valence-electron chi connectivity index (χ3n) is 0. The SMILES string of the molecule is [C-]#N.[C-]#N.[C-]#N.[C-]#N.[C-]#N.[C-]#N.[Fe+2].[Fe+3]. The smallest absolute Gasteiger partial charge is 0.512 e. The molecule has 0 bridgehead atoms. The first-order valence-corrected chi connectivity index (χ1v) is 1.34. The van der Waals surface area contributed by atoms with E-state index in [0.29, 0.717) is 0 Å². The van der Waals surface area contributed by atoms with Gasteiger partial charge in [0.1, 0.15) is 0 Å². The summed E-state index contributed by atoms with van der Waals surface area (Å²) in [5.74, 6) is 0. The molecule has 1 radical (unpaired) electrons. The van der Waals surface area contributed by atoms with Crippen LogP contribution in [0.2, 0.25) is 0 Å². The van der Waals surface area contributed by atoms with Gasteiger partial charge in [-0.1, -0.05) is 0 Å². The average Bonchev–Trinajstić information content (AvgIpc) is 2.33. The van der Waals surface area contributed by atoms with E-state index in [1.807, 2.05) is 0 Å².